The summed E-state index contributed by atoms with van der Waals surface area (Å²) in [6.45, 7) is 1.23. The molecule has 0 saturated carbocycles. The van der Waals surface area contributed by atoms with Crippen LogP contribution in [-0.2, 0) is 19.6 Å². The van der Waals surface area contributed by atoms with E-state index in [1.807, 2.05) is 77.4 Å². The van der Waals surface area contributed by atoms with E-state index >= 15 is 0 Å². The van der Waals surface area contributed by atoms with E-state index in [0.717, 1.165) is 22.0 Å². The first-order valence-corrected chi connectivity index (χ1v) is 11.2. The number of carbonyl (C=O) groups excluding carboxylic acids is 1. The number of hydrogen-bond donors (Lipinski definition) is 0. The minimum Gasteiger partial charge on any atom is -0.325 e. The first-order chi connectivity index (χ1) is 17.2. The summed E-state index contributed by atoms with van der Waals surface area (Å²) in [5, 5.41) is 18.4. The van der Waals surface area contributed by atoms with Crippen LogP contribution in [0.1, 0.15) is 33.0 Å². The van der Waals surface area contributed by atoms with E-state index in [2.05, 4.69) is 21.3 Å². The molecule has 0 spiro atoms. The third-order valence-corrected chi connectivity index (χ3v) is 5.78. The lowest BCUT2D eigenvalue weighted by Gasteiger charge is -2.22. The molecule has 0 unspecified atom stereocenters. The lowest BCUT2D eigenvalue weighted by molar-refractivity contribution is 0.0718. The SMILES string of the molecule is N#Cc1ccc(Cn2cnnc2CN(Cc2ccccc2)C(=O)c2ccc3ccccc3n2)cc1. The summed E-state index contributed by atoms with van der Waals surface area (Å²) < 4.78 is 1.92. The lowest BCUT2D eigenvalue weighted by Crippen LogP contribution is -2.32. The number of fused-ring (bicyclic) bond motifs is 1. The van der Waals surface area contributed by atoms with Crippen LogP contribution >= 0.6 is 0 Å². The molecule has 0 aliphatic rings. The van der Waals surface area contributed by atoms with Crippen molar-refractivity contribution in [3.8, 4) is 6.07 Å². The maximum absolute atomic E-state index is 13.6. The quantitative estimate of drug-likeness (QED) is 0.356. The fourth-order valence-corrected chi connectivity index (χ4v) is 3.94. The standard InChI is InChI=1S/C28H22N6O/c29-16-21-10-12-23(13-11-21)18-34-20-30-32-27(34)19-33(17-22-6-2-1-3-7-22)28(35)26-15-14-24-8-4-5-9-25(24)31-26/h1-15,20H,17-19H2. The molecular weight excluding hydrogens is 436 g/mol. The van der Waals surface area contributed by atoms with Crippen molar-refractivity contribution in [2.75, 3.05) is 0 Å². The number of para-hydroxylation sites is 1. The minimum atomic E-state index is -0.174. The number of carbonyl (C=O) groups is 1. The molecule has 0 fully saturated rings. The Morgan fingerprint density at radius 3 is 2.43 bits per heavy atom. The summed E-state index contributed by atoms with van der Waals surface area (Å²) in [7, 11) is 0. The fourth-order valence-electron chi connectivity index (χ4n) is 3.94. The van der Waals surface area contributed by atoms with E-state index in [1.165, 1.54) is 0 Å². The predicted molar refractivity (Wildman–Crippen MR) is 132 cm³/mol. The van der Waals surface area contributed by atoms with Crippen LogP contribution in [0.25, 0.3) is 10.9 Å². The number of benzene rings is 3. The number of nitriles is 1. The number of amides is 1. The molecule has 0 N–H and O–H groups in total. The largest absolute Gasteiger partial charge is 0.325 e. The van der Waals surface area contributed by atoms with Crippen molar-refractivity contribution in [1.82, 2.24) is 24.6 Å². The van der Waals surface area contributed by atoms with Crippen LogP contribution in [0.4, 0.5) is 0 Å². The second-order valence-electron chi connectivity index (χ2n) is 8.22. The van der Waals surface area contributed by atoms with Crippen molar-refractivity contribution in [3.05, 3.63) is 126 Å². The van der Waals surface area contributed by atoms with Crippen molar-refractivity contribution < 1.29 is 4.79 Å². The van der Waals surface area contributed by atoms with Gasteiger partial charge in [0.15, 0.2) is 5.82 Å². The number of nitrogens with zero attached hydrogens (tertiary/aromatic N) is 6. The third kappa shape index (κ3) is 5.07. The molecule has 0 saturated heterocycles. The second-order valence-corrected chi connectivity index (χ2v) is 8.22. The summed E-state index contributed by atoms with van der Waals surface area (Å²) in [6.07, 6.45) is 1.66. The van der Waals surface area contributed by atoms with Crippen LogP contribution in [0.5, 0.6) is 0 Å². The van der Waals surface area contributed by atoms with E-state index in [0.29, 0.717) is 30.2 Å². The highest BCUT2D eigenvalue weighted by atomic mass is 16.2. The Labute approximate surface area is 202 Å². The van der Waals surface area contributed by atoms with Gasteiger partial charge in [0.05, 0.1) is 30.2 Å². The molecule has 0 aliphatic heterocycles. The Morgan fingerprint density at radius 1 is 0.857 bits per heavy atom. The normalized spacial score (nSPS) is 10.7. The number of pyridine rings is 1. The van der Waals surface area contributed by atoms with Gasteiger partial charge in [-0.2, -0.15) is 5.26 Å². The molecule has 35 heavy (non-hydrogen) atoms. The van der Waals surface area contributed by atoms with Gasteiger partial charge in [-0.1, -0.05) is 66.7 Å². The van der Waals surface area contributed by atoms with Crippen molar-refractivity contribution >= 4 is 16.8 Å². The van der Waals surface area contributed by atoms with E-state index in [4.69, 9.17) is 5.26 Å². The van der Waals surface area contributed by atoms with Gasteiger partial charge in [-0.25, -0.2) is 4.98 Å². The Balaban J connectivity index is 1.43. The van der Waals surface area contributed by atoms with Gasteiger partial charge in [-0.3, -0.25) is 4.79 Å². The molecular formula is C28H22N6O. The van der Waals surface area contributed by atoms with Gasteiger partial charge in [-0.05, 0) is 35.4 Å². The van der Waals surface area contributed by atoms with Gasteiger partial charge in [0.2, 0.25) is 0 Å². The van der Waals surface area contributed by atoms with Crippen LogP contribution in [-0.4, -0.2) is 30.6 Å². The van der Waals surface area contributed by atoms with Gasteiger partial charge in [0.25, 0.3) is 5.91 Å². The molecule has 2 aromatic heterocycles. The first-order valence-electron chi connectivity index (χ1n) is 11.2. The number of hydrogen-bond acceptors (Lipinski definition) is 5. The zero-order valence-corrected chi connectivity index (χ0v) is 19.0. The maximum atomic E-state index is 13.6. The molecule has 5 rings (SSSR count). The molecule has 170 valence electrons. The Kier molecular flexibility index (Phi) is 6.27. The lowest BCUT2D eigenvalue weighted by atomic mass is 10.1. The van der Waals surface area contributed by atoms with Crippen LogP contribution < -0.4 is 0 Å². The number of aromatic nitrogens is 4. The molecule has 0 aliphatic carbocycles. The summed E-state index contributed by atoms with van der Waals surface area (Å²) in [5.74, 6) is 0.493. The summed E-state index contributed by atoms with van der Waals surface area (Å²) >= 11 is 0. The minimum absolute atomic E-state index is 0.174. The van der Waals surface area contributed by atoms with Crippen LogP contribution in [0, 0.1) is 11.3 Å². The van der Waals surface area contributed by atoms with Crippen molar-refractivity contribution in [2.45, 2.75) is 19.6 Å². The molecule has 2 heterocycles. The van der Waals surface area contributed by atoms with Gasteiger partial charge in [0.1, 0.15) is 12.0 Å². The van der Waals surface area contributed by atoms with Gasteiger partial charge < -0.3 is 9.47 Å². The topological polar surface area (TPSA) is 87.7 Å². The van der Waals surface area contributed by atoms with Crippen molar-refractivity contribution in [1.29, 1.82) is 5.26 Å². The average Bonchev–Trinajstić information content (AvgIpc) is 3.35. The maximum Gasteiger partial charge on any atom is 0.273 e. The summed E-state index contributed by atoms with van der Waals surface area (Å²) in [5.41, 5.74) is 3.81. The smallest absolute Gasteiger partial charge is 0.273 e. The average molecular weight is 459 g/mol. The Bertz CT molecular complexity index is 1500. The van der Waals surface area contributed by atoms with Crippen molar-refractivity contribution in [3.63, 3.8) is 0 Å². The van der Waals surface area contributed by atoms with E-state index < -0.39 is 0 Å². The van der Waals surface area contributed by atoms with E-state index in [-0.39, 0.29) is 12.5 Å². The first kappa shape index (κ1) is 22.0. The molecule has 1 amide bonds. The molecule has 0 radical (unpaired) electrons. The molecule has 3 aromatic carbocycles. The molecule has 7 nitrogen and oxygen atoms in total. The van der Waals surface area contributed by atoms with Gasteiger partial charge in [0, 0.05) is 11.9 Å². The molecule has 0 bridgehead atoms. The van der Waals surface area contributed by atoms with Crippen molar-refractivity contribution in [2.24, 2.45) is 0 Å². The second kappa shape index (κ2) is 9.98. The Morgan fingerprint density at radius 2 is 1.63 bits per heavy atom. The van der Waals surface area contributed by atoms with Gasteiger partial charge >= 0.3 is 0 Å². The highest BCUT2D eigenvalue weighted by molar-refractivity contribution is 5.94. The zero-order valence-electron chi connectivity index (χ0n) is 19.0. The van der Waals surface area contributed by atoms with Crippen LogP contribution in [0.15, 0.2) is 97.3 Å². The number of rotatable bonds is 7. The summed E-state index contributed by atoms with van der Waals surface area (Å²) in [6, 6.07) is 30.8. The molecule has 5 aromatic rings. The fraction of sp³-hybridized carbons (Fsp3) is 0.107. The van der Waals surface area contributed by atoms with E-state index in [1.54, 1.807) is 29.4 Å². The Hall–Kier alpha value is -4.83. The monoisotopic (exact) mass is 458 g/mol. The highest BCUT2D eigenvalue weighted by Gasteiger charge is 2.21. The van der Waals surface area contributed by atoms with E-state index in [9.17, 15) is 4.79 Å². The molecule has 0 atom stereocenters. The zero-order chi connectivity index (χ0) is 24.0. The van der Waals surface area contributed by atoms with Crippen LogP contribution in [0.2, 0.25) is 0 Å². The summed E-state index contributed by atoms with van der Waals surface area (Å²) in [4.78, 5) is 20.0. The third-order valence-electron chi connectivity index (χ3n) is 5.78. The van der Waals surface area contributed by atoms with Crippen LogP contribution in [0.3, 0.4) is 0 Å². The highest BCUT2D eigenvalue weighted by Crippen LogP contribution is 2.17. The predicted octanol–water partition coefficient (Wildman–Crippen LogP) is 4.59. The molecule has 7 heteroatoms. The van der Waals surface area contributed by atoms with Gasteiger partial charge in [-0.15, -0.1) is 10.2 Å².